The van der Waals surface area contributed by atoms with Crippen LogP contribution in [0.3, 0.4) is 0 Å². The van der Waals surface area contributed by atoms with Crippen LogP contribution in [0.1, 0.15) is 5.56 Å². The first kappa shape index (κ1) is 18.9. The summed E-state index contributed by atoms with van der Waals surface area (Å²) in [6.07, 6.45) is 1.77. The Bertz CT molecular complexity index is 582. The van der Waals surface area contributed by atoms with E-state index in [0.717, 1.165) is 45.0 Å². The van der Waals surface area contributed by atoms with Crippen molar-refractivity contribution in [1.82, 2.24) is 15.5 Å². The van der Waals surface area contributed by atoms with Crippen LogP contribution in [0.2, 0.25) is 0 Å². The largest absolute Gasteiger partial charge is 0.379 e. The predicted octanol–water partition coefficient (Wildman–Crippen LogP) is 1.15. The lowest BCUT2D eigenvalue weighted by Gasteiger charge is -2.26. The molecule has 0 spiro atoms. The fourth-order valence-electron chi connectivity index (χ4n) is 2.39. The van der Waals surface area contributed by atoms with Crippen molar-refractivity contribution in [3.8, 4) is 0 Å². The number of guanidine groups is 1. The van der Waals surface area contributed by atoms with Crippen LogP contribution in [-0.2, 0) is 11.3 Å². The second kappa shape index (κ2) is 10.4. The summed E-state index contributed by atoms with van der Waals surface area (Å²) < 4.78 is 5.34. The molecule has 0 aromatic heterocycles. The first-order valence-electron chi connectivity index (χ1n) is 8.35. The van der Waals surface area contributed by atoms with Gasteiger partial charge in [0.25, 0.3) is 5.69 Å². The lowest BCUT2D eigenvalue weighted by atomic mass is 10.2. The number of benzene rings is 1. The van der Waals surface area contributed by atoms with Gasteiger partial charge in [0.1, 0.15) is 0 Å². The van der Waals surface area contributed by atoms with E-state index in [4.69, 9.17) is 4.74 Å². The number of nitrogens with one attached hydrogen (secondary N) is 2. The van der Waals surface area contributed by atoms with E-state index in [9.17, 15) is 10.1 Å². The summed E-state index contributed by atoms with van der Waals surface area (Å²) in [6.45, 7) is 9.95. The molecule has 1 aromatic rings. The molecule has 0 unspecified atom stereocenters. The number of nitrogens with zero attached hydrogens (tertiary/aromatic N) is 3. The molecule has 1 heterocycles. The van der Waals surface area contributed by atoms with E-state index in [1.807, 2.05) is 0 Å². The van der Waals surface area contributed by atoms with Crippen molar-refractivity contribution in [3.63, 3.8) is 0 Å². The van der Waals surface area contributed by atoms with Crippen LogP contribution >= 0.6 is 0 Å². The average molecular weight is 347 g/mol. The standard InChI is InChI=1S/C17H25N5O3/c1-2-7-18-17(19-8-9-21-10-12-25-13-11-21)20-14-15-3-5-16(6-4-15)22(23)24/h2-6H,1,7-14H2,(H2,18,19,20). The topological polar surface area (TPSA) is 92.0 Å². The first-order valence-corrected chi connectivity index (χ1v) is 8.35. The van der Waals surface area contributed by atoms with Crippen LogP contribution in [0.25, 0.3) is 0 Å². The minimum atomic E-state index is -0.405. The van der Waals surface area contributed by atoms with Crippen LogP contribution in [0.15, 0.2) is 41.9 Å². The average Bonchev–Trinajstić information content (AvgIpc) is 2.64. The highest BCUT2D eigenvalue weighted by Crippen LogP contribution is 2.12. The van der Waals surface area contributed by atoms with Gasteiger partial charge in [-0.05, 0) is 5.56 Å². The summed E-state index contributed by atoms with van der Waals surface area (Å²) in [5.41, 5.74) is 1.000. The molecular formula is C17H25N5O3. The number of morpholine rings is 1. The number of rotatable bonds is 8. The Balaban J connectivity index is 1.85. The highest BCUT2D eigenvalue weighted by atomic mass is 16.6. The number of hydrogen-bond donors (Lipinski definition) is 2. The van der Waals surface area contributed by atoms with Gasteiger partial charge in [-0.15, -0.1) is 6.58 Å². The van der Waals surface area contributed by atoms with Gasteiger partial charge < -0.3 is 15.4 Å². The fourth-order valence-corrected chi connectivity index (χ4v) is 2.39. The normalized spacial score (nSPS) is 15.6. The van der Waals surface area contributed by atoms with E-state index in [2.05, 4.69) is 27.1 Å². The molecule has 0 amide bonds. The Kier molecular flexibility index (Phi) is 7.87. The van der Waals surface area contributed by atoms with E-state index in [-0.39, 0.29) is 5.69 Å². The van der Waals surface area contributed by atoms with Gasteiger partial charge in [-0.1, -0.05) is 18.2 Å². The number of aliphatic imine (C=N–C) groups is 1. The number of ether oxygens (including phenoxy) is 1. The highest BCUT2D eigenvalue weighted by molar-refractivity contribution is 5.79. The minimum Gasteiger partial charge on any atom is -0.379 e. The molecular weight excluding hydrogens is 322 g/mol. The van der Waals surface area contributed by atoms with Crippen LogP contribution in [0.4, 0.5) is 5.69 Å². The molecule has 0 aliphatic carbocycles. The Labute approximate surface area is 147 Å². The molecule has 0 atom stereocenters. The van der Waals surface area contributed by atoms with E-state index < -0.39 is 4.92 Å². The number of nitro benzene ring substituents is 1. The first-order chi connectivity index (χ1) is 12.2. The van der Waals surface area contributed by atoms with E-state index in [0.29, 0.717) is 19.0 Å². The SMILES string of the molecule is C=CCNC(=NCc1ccc([N+](=O)[O-])cc1)NCCN1CCOCC1. The Morgan fingerprint density at radius 3 is 2.68 bits per heavy atom. The second-order valence-electron chi connectivity index (χ2n) is 5.64. The van der Waals surface area contributed by atoms with Gasteiger partial charge in [0.2, 0.25) is 0 Å². The molecule has 0 bridgehead atoms. The Hall–Kier alpha value is -2.45. The van der Waals surface area contributed by atoms with Gasteiger partial charge in [-0.25, -0.2) is 4.99 Å². The molecule has 1 fully saturated rings. The van der Waals surface area contributed by atoms with Crippen molar-refractivity contribution in [1.29, 1.82) is 0 Å². The Morgan fingerprint density at radius 1 is 1.32 bits per heavy atom. The molecule has 1 aliphatic rings. The molecule has 2 N–H and O–H groups in total. The van der Waals surface area contributed by atoms with Crippen LogP contribution in [0, 0.1) is 10.1 Å². The van der Waals surface area contributed by atoms with Crippen molar-refractivity contribution in [2.45, 2.75) is 6.54 Å². The van der Waals surface area contributed by atoms with Crippen molar-refractivity contribution < 1.29 is 9.66 Å². The zero-order valence-corrected chi connectivity index (χ0v) is 14.3. The van der Waals surface area contributed by atoms with Gasteiger partial charge in [0.15, 0.2) is 5.96 Å². The predicted molar refractivity (Wildman–Crippen MR) is 97.7 cm³/mol. The fraction of sp³-hybridized carbons (Fsp3) is 0.471. The van der Waals surface area contributed by atoms with Gasteiger partial charge in [-0.2, -0.15) is 0 Å². The van der Waals surface area contributed by atoms with E-state index >= 15 is 0 Å². The smallest absolute Gasteiger partial charge is 0.269 e. The quantitative estimate of drug-likeness (QED) is 0.241. The number of nitro groups is 1. The van der Waals surface area contributed by atoms with E-state index in [1.165, 1.54) is 12.1 Å². The van der Waals surface area contributed by atoms with Gasteiger partial charge in [-0.3, -0.25) is 15.0 Å². The highest BCUT2D eigenvalue weighted by Gasteiger charge is 2.09. The molecule has 1 aromatic carbocycles. The maximum absolute atomic E-state index is 10.7. The number of non-ortho nitro benzene ring substituents is 1. The van der Waals surface area contributed by atoms with Crippen LogP contribution in [-0.4, -0.2) is 61.7 Å². The molecule has 136 valence electrons. The van der Waals surface area contributed by atoms with Crippen LogP contribution < -0.4 is 10.6 Å². The lowest BCUT2D eigenvalue weighted by Crippen LogP contribution is -2.44. The molecule has 25 heavy (non-hydrogen) atoms. The van der Waals surface area contributed by atoms with Crippen molar-refractivity contribution in [3.05, 3.63) is 52.6 Å². The summed E-state index contributed by atoms with van der Waals surface area (Å²) in [4.78, 5) is 17.1. The molecule has 8 nitrogen and oxygen atoms in total. The van der Waals surface area contributed by atoms with Gasteiger partial charge in [0.05, 0.1) is 24.7 Å². The molecule has 1 saturated heterocycles. The monoisotopic (exact) mass is 347 g/mol. The summed E-state index contributed by atoms with van der Waals surface area (Å²) in [5, 5.41) is 17.2. The molecule has 0 radical (unpaired) electrons. The zero-order chi connectivity index (χ0) is 17.9. The van der Waals surface area contributed by atoms with Crippen molar-refractivity contribution in [2.24, 2.45) is 4.99 Å². The second-order valence-corrected chi connectivity index (χ2v) is 5.64. The number of hydrogen-bond acceptors (Lipinski definition) is 5. The molecule has 1 aliphatic heterocycles. The molecule has 2 rings (SSSR count). The van der Waals surface area contributed by atoms with E-state index in [1.54, 1.807) is 18.2 Å². The zero-order valence-electron chi connectivity index (χ0n) is 14.3. The molecule has 0 saturated carbocycles. The summed E-state index contributed by atoms with van der Waals surface area (Å²) in [7, 11) is 0. The van der Waals surface area contributed by atoms with Crippen molar-refractivity contribution >= 4 is 11.6 Å². The van der Waals surface area contributed by atoms with Crippen molar-refractivity contribution in [2.75, 3.05) is 45.9 Å². The summed E-state index contributed by atoms with van der Waals surface area (Å²) in [5.74, 6) is 0.700. The third-order valence-corrected chi connectivity index (χ3v) is 3.80. The van der Waals surface area contributed by atoms with Crippen LogP contribution in [0.5, 0.6) is 0 Å². The maximum atomic E-state index is 10.7. The minimum absolute atomic E-state index is 0.0846. The van der Waals surface area contributed by atoms with Gasteiger partial charge >= 0.3 is 0 Å². The van der Waals surface area contributed by atoms with Gasteiger partial charge in [0, 0.05) is 44.9 Å². The maximum Gasteiger partial charge on any atom is 0.269 e. The lowest BCUT2D eigenvalue weighted by molar-refractivity contribution is -0.384. The third-order valence-electron chi connectivity index (χ3n) is 3.80. The molecule has 8 heteroatoms. The summed E-state index contributed by atoms with van der Waals surface area (Å²) >= 11 is 0. The summed E-state index contributed by atoms with van der Waals surface area (Å²) in [6, 6.07) is 6.43. The Morgan fingerprint density at radius 2 is 2.04 bits per heavy atom. The third kappa shape index (κ3) is 6.90.